The lowest BCUT2D eigenvalue weighted by molar-refractivity contribution is 0.187. The lowest BCUT2D eigenvalue weighted by Crippen LogP contribution is -2.14. The van der Waals surface area contributed by atoms with Crippen LogP contribution in [0.1, 0.15) is 30.8 Å². The number of aryl methyl sites for hydroxylation is 1. The number of benzene rings is 1. The second kappa shape index (κ2) is 6.50. The number of nitrogens with two attached hydrogens (primary N) is 1. The van der Waals surface area contributed by atoms with Crippen LogP contribution in [0.3, 0.4) is 0 Å². The minimum Gasteiger partial charge on any atom is -0.385 e. The molecule has 3 N–H and O–H groups in total. The zero-order valence-electron chi connectivity index (χ0n) is 11.5. The average Bonchev–Trinajstić information content (AvgIpc) is 2.94. The molecule has 0 saturated carbocycles. The van der Waals surface area contributed by atoms with E-state index in [1.165, 1.54) is 5.56 Å². The summed E-state index contributed by atoms with van der Waals surface area (Å²) in [6.07, 6.45) is 3.65. The largest absolute Gasteiger partial charge is 0.385 e. The first-order valence-electron chi connectivity index (χ1n) is 6.63. The van der Waals surface area contributed by atoms with Crippen molar-refractivity contribution >= 4 is 0 Å². The molecule has 1 aromatic carbocycles. The van der Waals surface area contributed by atoms with Crippen molar-refractivity contribution in [3.63, 3.8) is 0 Å². The highest BCUT2D eigenvalue weighted by molar-refractivity contribution is 5.58. The molecule has 0 saturated heterocycles. The lowest BCUT2D eigenvalue weighted by atomic mass is 10.1. The van der Waals surface area contributed by atoms with E-state index in [2.05, 4.69) is 41.2 Å². The first-order chi connectivity index (χ1) is 9.24. The number of hydrogen-bond acceptors (Lipinski definition) is 3. The molecule has 102 valence electrons. The molecule has 1 unspecified atom stereocenters. The number of imidazole rings is 1. The quantitative estimate of drug-likeness (QED) is 0.838. The zero-order chi connectivity index (χ0) is 13.7. The highest BCUT2D eigenvalue weighted by atomic mass is 16.5. The Morgan fingerprint density at radius 1 is 1.32 bits per heavy atom. The fourth-order valence-corrected chi connectivity index (χ4v) is 1.97. The molecule has 4 heteroatoms. The Bertz CT molecular complexity index is 504. The number of aromatic nitrogens is 2. The van der Waals surface area contributed by atoms with Gasteiger partial charge in [-0.1, -0.05) is 31.2 Å². The number of H-pyrrole nitrogens is 1. The first-order valence-corrected chi connectivity index (χ1v) is 6.63. The van der Waals surface area contributed by atoms with Crippen molar-refractivity contribution in [1.29, 1.82) is 0 Å². The van der Waals surface area contributed by atoms with Gasteiger partial charge in [-0.3, -0.25) is 0 Å². The number of ether oxygens (including phenoxy) is 1. The Balaban J connectivity index is 2.11. The molecule has 0 aliphatic rings. The molecule has 4 nitrogen and oxygen atoms in total. The maximum absolute atomic E-state index is 6.04. The summed E-state index contributed by atoms with van der Waals surface area (Å²) in [5, 5.41) is 0. The van der Waals surface area contributed by atoms with Gasteiger partial charge in [-0.05, 0) is 24.0 Å². The monoisotopic (exact) mass is 259 g/mol. The van der Waals surface area contributed by atoms with Crippen LogP contribution in [-0.4, -0.2) is 23.7 Å². The van der Waals surface area contributed by atoms with Gasteiger partial charge in [0.15, 0.2) is 0 Å². The third kappa shape index (κ3) is 3.43. The van der Waals surface area contributed by atoms with Crippen LogP contribution in [0.5, 0.6) is 0 Å². The molecular formula is C15H21N3O. The maximum atomic E-state index is 6.04. The van der Waals surface area contributed by atoms with E-state index in [9.17, 15) is 0 Å². The SMILES string of the molecule is CCc1ccc(-c2cnc(C(N)CCOC)[nH]2)cc1. The van der Waals surface area contributed by atoms with Gasteiger partial charge in [0.25, 0.3) is 0 Å². The maximum Gasteiger partial charge on any atom is 0.123 e. The van der Waals surface area contributed by atoms with E-state index < -0.39 is 0 Å². The second-order valence-electron chi connectivity index (χ2n) is 4.62. The Morgan fingerprint density at radius 2 is 2.05 bits per heavy atom. The molecule has 1 heterocycles. The Hall–Kier alpha value is -1.65. The highest BCUT2D eigenvalue weighted by Gasteiger charge is 2.10. The fourth-order valence-electron chi connectivity index (χ4n) is 1.97. The number of aromatic amines is 1. The molecule has 19 heavy (non-hydrogen) atoms. The van der Waals surface area contributed by atoms with Crippen LogP contribution in [0.4, 0.5) is 0 Å². The summed E-state index contributed by atoms with van der Waals surface area (Å²) in [5.41, 5.74) is 9.52. The molecule has 0 spiro atoms. The molecule has 0 radical (unpaired) electrons. The number of methoxy groups -OCH3 is 1. The number of nitrogens with zero attached hydrogens (tertiary/aromatic N) is 1. The summed E-state index contributed by atoms with van der Waals surface area (Å²) in [7, 11) is 1.68. The molecule has 2 aromatic rings. The van der Waals surface area contributed by atoms with Gasteiger partial charge in [-0.15, -0.1) is 0 Å². The van der Waals surface area contributed by atoms with Crippen LogP contribution in [-0.2, 0) is 11.2 Å². The summed E-state index contributed by atoms with van der Waals surface area (Å²) >= 11 is 0. The van der Waals surface area contributed by atoms with Gasteiger partial charge in [0, 0.05) is 13.7 Å². The lowest BCUT2D eigenvalue weighted by Gasteiger charge is -2.07. The molecule has 0 amide bonds. The van der Waals surface area contributed by atoms with Crippen LogP contribution in [0.25, 0.3) is 11.3 Å². The van der Waals surface area contributed by atoms with Gasteiger partial charge in [0.1, 0.15) is 5.82 Å². The van der Waals surface area contributed by atoms with Crippen molar-refractivity contribution in [2.45, 2.75) is 25.8 Å². The molecule has 0 aliphatic heterocycles. The van der Waals surface area contributed by atoms with Crippen molar-refractivity contribution in [2.24, 2.45) is 5.73 Å². The normalized spacial score (nSPS) is 12.6. The highest BCUT2D eigenvalue weighted by Crippen LogP contribution is 2.20. The molecule has 2 rings (SSSR count). The van der Waals surface area contributed by atoms with Crippen molar-refractivity contribution in [1.82, 2.24) is 9.97 Å². The van der Waals surface area contributed by atoms with E-state index in [0.29, 0.717) is 6.61 Å². The van der Waals surface area contributed by atoms with Gasteiger partial charge in [-0.2, -0.15) is 0 Å². The second-order valence-corrected chi connectivity index (χ2v) is 4.62. The Kier molecular flexibility index (Phi) is 4.71. The molecular weight excluding hydrogens is 238 g/mol. The summed E-state index contributed by atoms with van der Waals surface area (Å²) in [5.74, 6) is 0.812. The topological polar surface area (TPSA) is 63.9 Å². The first kappa shape index (κ1) is 13.8. The van der Waals surface area contributed by atoms with Crippen LogP contribution in [0.15, 0.2) is 30.5 Å². The van der Waals surface area contributed by atoms with E-state index in [1.807, 2.05) is 6.20 Å². The van der Waals surface area contributed by atoms with Crippen LogP contribution >= 0.6 is 0 Å². The number of rotatable bonds is 6. The van der Waals surface area contributed by atoms with E-state index in [0.717, 1.165) is 29.9 Å². The molecule has 0 fully saturated rings. The molecule has 1 aromatic heterocycles. The standard InChI is InChI=1S/C15H21N3O/c1-3-11-4-6-12(7-5-11)14-10-17-15(18-14)13(16)8-9-19-2/h4-7,10,13H,3,8-9,16H2,1-2H3,(H,17,18). The van der Waals surface area contributed by atoms with Crippen LogP contribution in [0, 0.1) is 0 Å². The summed E-state index contributed by atoms with van der Waals surface area (Å²) in [4.78, 5) is 7.64. The molecule has 0 bridgehead atoms. The van der Waals surface area contributed by atoms with E-state index >= 15 is 0 Å². The third-order valence-corrected chi connectivity index (χ3v) is 3.25. The van der Waals surface area contributed by atoms with Gasteiger partial charge in [0.05, 0.1) is 17.9 Å². The van der Waals surface area contributed by atoms with Crippen LogP contribution < -0.4 is 5.73 Å². The van der Waals surface area contributed by atoms with Crippen molar-refractivity contribution < 1.29 is 4.74 Å². The van der Waals surface area contributed by atoms with E-state index in [-0.39, 0.29) is 6.04 Å². The van der Waals surface area contributed by atoms with Gasteiger partial charge in [0.2, 0.25) is 0 Å². The molecule has 0 aliphatic carbocycles. The minimum absolute atomic E-state index is 0.108. The van der Waals surface area contributed by atoms with Crippen molar-refractivity contribution in [2.75, 3.05) is 13.7 Å². The van der Waals surface area contributed by atoms with Gasteiger partial charge >= 0.3 is 0 Å². The fraction of sp³-hybridized carbons (Fsp3) is 0.400. The van der Waals surface area contributed by atoms with Crippen molar-refractivity contribution in [3.05, 3.63) is 41.9 Å². The summed E-state index contributed by atoms with van der Waals surface area (Å²) in [6, 6.07) is 8.39. The minimum atomic E-state index is -0.108. The summed E-state index contributed by atoms with van der Waals surface area (Å²) < 4.78 is 5.03. The van der Waals surface area contributed by atoms with E-state index in [4.69, 9.17) is 10.5 Å². The van der Waals surface area contributed by atoms with Crippen molar-refractivity contribution in [3.8, 4) is 11.3 Å². The van der Waals surface area contributed by atoms with Gasteiger partial charge < -0.3 is 15.5 Å². The Labute approximate surface area is 114 Å². The third-order valence-electron chi connectivity index (χ3n) is 3.25. The number of nitrogens with one attached hydrogen (secondary N) is 1. The summed E-state index contributed by atoms with van der Waals surface area (Å²) in [6.45, 7) is 2.79. The van der Waals surface area contributed by atoms with E-state index in [1.54, 1.807) is 7.11 Å². The number of hydrogen-bond donors (Lipinski definition) is 2. The van der Waals surface area contributed by atoms with Crippen LogP contribution in [0.2, 0.25) is 0 Å². The predicted octanol–water partition coefficient (Wildman–Crippen LogP) is 2.68. The molecule has 1 atom stereocenters. The van der Waals surface area contributed by atoms with Gasteiger partial charge in [-0.25, -0.2) is 4.98 Å². The predicted molar refractivity (Wildman–Crippen MR) is 76.8 cm³/mol. The zero-order valence-corrected chi connectivity index (χ0v) is 11.5. The Morgan fingerprint density at radius 3 is 2.68 bits per heavy atom. The smallest absolute Gasteiger partial charge is 0.123 e. The average molecular weight is 259 g/mol.